The Balaban J connectivity index is 0.00000243. The number of rotatable bonds is 6. The fourth-order valence-corrected chi connectivity index (χ4v) is 4.09. The summed E-state index contributed by atoms with van der Waals surface area (Å²) >= 11 is 3.55. The van der Waals surface area contributed by atoms with E-state index < -0.39 is 0 Å². The Labute approximate surface area is 183 Å². The number of hydrogen-bond donors (Lipinski definition) is 2. The first-order valence-electron chi connectivity index (χ1n) is 9.41. The van der Waals surface area contributed by atoms with Crippen molar-refractivity contribution in [3.63, 3.8) is 0 Å². The van der Waals surface area contributed by atoms with Crippen LogP contribution in [0.1, 0.15) is 45.1 Å². The van der Waals surface area contributed by atoms with Gasteiger partial charge in [0.15, 0.2) is 5.96 Å². The molecule has 1 saturated carbocycles. The summed E-state index contributed by atoms with van der Waals surface area (Å²) < 4.78 is 6.48. The molecule has 0 radical (unpaired) electrons. The highest BCUT2D eigenvalue weighted by molar-refractivity contribution is 14.0. The van der Waals surface area contributed by atoms with Gasteiger partial charge in [-0.05, 0) is 37.5 Å². The Bertz CT molecular complexity index is 596. The van der Waals surface area contributed by atoms with Gasteiger partial charge in [-0.15, -0.1) is 24.0 Å². The molecule has 2 N–H and O–H groups in total. The maximum absolute atomic E-state index is 5.34. The van der Waals surface area contributed by atoms with Crippen molar-refractivity contribution in [3.8, 4) is 0 Å². The SMILES string of the molecule is CCNC(=NCC1(C)COC1)NCC1(c2ccc(Br)cc2)CCCC1.I. The molecule has 26 heavy (non-hydrogen) atoms. The molecule has 146 valence electrons. The molecule has 0 spiro atoms. The zero-order valence-electron chi connectivity index (χ0n) is 15.8. The maximum Gasteiger partial charge on any atom is 0.191 e. The average molecular weight is 536 g/mol. The lowest BCUT2D eigenvalue weighted by molar-refractivity contribution is -0.0945. The van der Waals surface area contributed by atoms with E-state index in [0.29, 0.717) is 0 Å². The summed E-state index contributed by atoms with van der Waals surface area (Å²) in [5, 5.41) is 7.02. The molecule has 0 unspecified atom stereocenters. The van der Waals surface area contributed by atoms with Crippen LogP contribution in [0.4, 0.5) is 0 Å². The van der Waals surface area contributed by atoms with Gasteiger partial charge in [0.2, 0.25) is 0 Å². The first kappa shape index (κ1) is 22.0. The summed E-state index contributed by atoms with van der Waals surface area (Å²) in [6, 6.07) is 8.86. The highest BCUT2D eigenvalue weighted by Gasteiger charge is 2.36. The second kappa shape index (κ2) is 9.73. The molecule has 1 aromatic rings. The first-order valence-corrected chi connectivity index (χ1v) is 10.2. The maximum atomic E-state index is 5.34. The fourth-order valence-electron chi connectivity index (χ4n) is 3.83. The smallest absolute Gasteiger partial charge is 0.191 e. The topological polar surface area (TPSA) is 45.7 Å². The predicted octanol–water partition coefficient (Wildman–Crippen LogP) is 4.47. The molecule has 0 amide bonds. The number of nitrogens with one attached hydrogen (secondary N) is 2. The Morgan fingerprint density at radius 1 is 1.15 bits per heavy atom. The first-order chi connectivity index (χ1) is 12.1. The van der Waals surface area contributed by atoms with Gasteiger partial charge in [-0.3, -0.25) is 4.99 Å². The molecule has 6 heteroatoms. The van der Waals surface area contributed by atoms with Crippen LogP contribution < -0.4 is 10.6 Å². The van der Waals surface area contributed by atoms with Gasteiger partial charge in [-0.2, -0.15) is 0 Å². The molecule has 4 nitrogen and oxygen atoms in total. The molecule has 1 aromatic carbocycles. The van der Waals surface area contributed by atoms with Gasteiger partial charge in [-0.1, -0.05) is 47.8 Å². The molecule has 2 aliphatic rings. The number of nitrogens with zero attached hydrogens (tertiary/aromatic N) is 1. The lowest BCUT2D eigenvalue weighted by Crippen LogP contribution is -2.47. The van der Waals surface area contributed by atoms with E-state index in [4.69, 9.17) is 9.73 Å². The molecule has 2 fully saturated rings. The largest absolute Gasteiger partial charge is 0.380 e. The number of aliphatic imine (C=N–C) groups is 1. The van der Waals surface area contributed by atoms with E-state index in [0.717, 1.165) is 43.3 Å². The molecule has 0 aromatic heterocycles. The van der Waals surface area contributed by atoms with Crippen LogP contribution in [-0.4, -0.2) is 38.8 Å². The second-order valence-electron chi connectivity index (χ2n) is 7.85. The molecule has 1 saturated heterocycles. The number of benzene rings is 1. The van der Waals surface area contributed by atoms with Crippen molar-refractivity contribution in [2.45, 2.75) is 44.9 Å². The summed E-state index contributed by atoms with van der Waals surface area (Å²) in [4.78, 5) is 4.81. The second-order valence-corrected chi connectivity index (χ2v) is 8.76. The van der Waals surface area contributed by atoms with Gasteiger partial charge >= 0.3 is 0 Å². The van der Waals surface area contributed by atoms with E-state index in [1.54, 1.807) is 0 Å². The summed E-state index contributed by atoms with van der Waals surface area (Å²) in [5.74, 6) is 0.930. The lowest BCUT2D eigenvalue weighted by atomic mass is 9.79. The Hall–Kier alpha value is -0.340. The van der Waals surface area contributed by atoms with Crippen molar-refractivity contribution < 1.29 is 4.74 Å². The van der Waals surface area contributed by atoms with Crippen LogP contribution in [0.2, 0.25) is 0 Å². The van der Waals surface area contributed by atoms with Crippen LogP contribution in [-0.2, 0) is 10.2 Å². The zero-order valence-corrected chi connectivity index (χ0v) is 19.7. The van der Waals surface area contributed by atoms with Crippen LogP contribution in [0, 0.1) is 5.41 Å². The number of halogens is 2. The van der Waals surface area contributed by atoms with Crippen molar-refractivity contribution in [3.05, 3.63) is 34.3 Å². The molecule has 0 bridgehead atoms. The van der Waals surface area contributed by atoms with E-state index in [1.807, 2.05) is 0 Å². The molecule has 3 rings (SSSR count). The number of hydrogen-bond acceptors (Lipinski definition) is 2. The number of guanidine groups is 1. The van der Waals surface area contributed by atoms with Crippen molar-refractivity contribution in [1.29, 1.82) is 0 Å². The summed E-state index contributed by atoms with van der Waals surface area (Å²) in [6.45, 7) is 8.62. The number of ether oxygens (including phenoxy) is 1. The third-order valence-corrected chi connectivity index (χ3v) is 6.00. The molecular weight excluding hydrogens is 505 g/mol. The van der Waals surface area contributed by atoms with Gasteiger partial charge in [0.25, 0.3) is 0 Å². The van der Waals surface area contributed by atoms with E-state index in [1.165, 1.54) is 31.2 Å². The van der Waals surface area contributed by atoms with Crippen LogP contribution in [0.5, 0.6) is 0 Å². The Morgan fingerprint density at radius 3 is 2.35 bits per heavy atom. The quantitative estimate of drug-likeness (QED) is 0.321. The van der Waals surface area contributed by atoms with E-state index in [9.17, 15) is 0 Å². The Morgan fingerprint density at radius 2 is 1.81 bits per heavy atom. The lowest BCUT2D eigenvalue weighted by Gasteiger charge is -2.37. The molecule has 1 aliphatic heterocycles. The normalized spacial score (nSPS) is 20.8. The van der Waals surface area contributed by atoms with Gasteiger partial charge in [0, 0.05) is 28.4 Å². The van der Waals surface area contributed by atoms with Crippen LogP contribution in [0.15, 0.2) is 33.7 Å². The van der Waals surface area contributed by atoms with Gasteiger partial charge in [-0.25, -0.2) is 0 Å². The minimum absolute atomic E-state index is 0. The average Bonchev–Trinajstić information content (AvgIpc) is 3.06. The molecular formula is C20H31BrIN3O. The standard InChI is InChI=1S/C20H30BrN3O.HI/c1-3-22-18(23-12-19(2)14-25-15-19)24-13-20(10-4-5-11-20)16-6-8-17(21)9-7-16;/h6-9H,3-5,10-15H2,1-2H3,(H2,22,23,24);1H. The van der Waals surface area contributed by atoms with Crippen molar-refractivity contribution in [1.82, 2.24) is 10.6 Å². The Kier molecular flexibility index (Phi) is 8.22. The van der Waals surface area contributed by atoms with Crippen molar-refractivity contribution >= 4 is 45.9 Å². The summed E-state index contributed by atoms with van der Waals surface area (Å²) in [5.41, 5.74) is 1.87. The third-order valence-electron chi connectivity index (χ3n) is 5.48. The molecule has 0 atom stereocenters. The van der Waals surface area contributed by atoms with E-state index in [2.05, 4.69) is 64.7 Å². The van der Waals surface area contributed by atoms with Crippen LogP contribution in [0.25, 0.3) is 0 Å². The predicted molar refractivity (Wildman–Crippen MR) is 123 cm³/mol. The van der Waals surface area contributed by atoms with Crippen LogP contribution in [0.3, 0.4) is 0 Å². The summed E-state index contributed by atoms with van der Waals surface area (Å²) in [6.07, 6.45) is 5.10. The fraction of sp³-hybridized carbons (Fsp3) is 0.650. The zero-order chi connectivity index (χ0) is 17.8. The third kappa shape index (κ3) is 5.35. The van der Waals surface area contributed by atoms with E-state index in [-0.39, 0.29) is 34.8 Å². The van der Waals surface area contributed by atoms with E-state index >= 15 is 0 Å². The molecule has 1 heterocycles. The van der Waals surface area contributed by atoms with Gasteiger partial charge < -0.3 is 15.4 Å². The van der Waals surface area contributed by atoms with Crippen molar-refractivity contribution in [2.24, 2.45) is 10.4 Å². The van der Waals surface area contributed by atoms with Gasteiger partial charge in [0.05, 0.1) is 19.8 Å². The highest BCUT2D eigenvalue weighted by Crippen LogP contribution is 2.41. The highest BCUT2D eigenvalue weighted by atomic mass is 127. The van der Waals surface area contributed by atoms with Crippen molar-refractivity contribution in [2.75, 3.05) is 32.8 Å². The van der Waals surface area contributed by atoms with Gasteiger partial charge in [0.1, 0.15) is 0 Å². The minimum atomic E-state index is 0. The summed E-state index contributed by atoms with van der Waals surface area (Å²) in [7, 11) is 0. The monoisotopic (exact) mass is 535 g/mol. The molecule has 1 aliphatic carbocycles. The minimum Gasteiger partial charge on any atom is -0.380 e. The van der Waals surface area contributed by atoms with Crippen LogP contribution >= 0.6 is 39.9 Å².